The number of carbonyl (C=O) groups excluding carboxylic acids is 2. The smallest absolute Gasteiger partial charge is 0.415 e. The Kier molecular flexibility index (Phi) is 6.12. The van der Waals surface area contributed by atoms with Gasteiger partial charge in [0.05, 0.1) is 32.1 Å². The molecule has 0 aliphatic carbocycles. The number of para-hydroxylation sites is 2. The third kappa shape index (κ3) is 4.43. The molecule has 2 heterocycles. The van der Waals surface area contributed by atoms with Crippen LogP contribution < -0.4 is 25.3 Å². The van der Waals surface area contributed by atoms with Crippen molar-refractivity contribution < 1.29 is 23.8 Å². The number of carbonyl (C=O) groups is 2. The van der Waals surface area contributed by atoms with Crippen molar-refractivity contribution in [3.63, 3.8) is 0 Å². The van der Waals surface area contributed by atoms with E-state index in [1.54, 1.807) is 39.8 Å². The minimum Gasteiger partial charge on any atom is -0.493 e. The first-order valence-corrected chi connectivity index (χ1v) is 10.4. The zero-order chi connectivity index (χ0) is 23.5. The third-order valence-electron chi connectivity index (χ3n) is 5.70. The van der Waals surface area contributed by atoms with Crippen molar-refractivity contribution in [2.75, 3.05) is 31.8 Å². The minimum absolute atomic E-state index is 0.260. The van der Waals surface area contributed by atoms with Crippen molar-refractivity contribution in [3.8, 4) is 17.2 Å². The lowest BCUT2D eigenvalue weighted by atomic mass is 10.1. The summed E-state index contributed by atoms with van der Waals surface area (Å²) >= 11 is 0. The largest absolute Gasteiger partial charge is 0.493 e. The van der Waals surface area contributed by atoms with Crippen molar-refractivity contribution in [2.24, 2.45) is 7.05 Å². The first kappa shape index (κ1) is 22.1. The maximum absolute atomic E-state index is 12.9. The Balaban J connectivity index is 1.47. The number of nitrogens with zero attached hydrogens (tertiary/aromatic N) is 2. The van der Waals surface area contributed by atoms with Crippen LogP contribution in [0.3, 0.4) is 0 Å². The average molecular weight is 450 g/mol. The lowest BCUT2D eigenvalue weighted by molar-refractivity contribution is 0.101. The number of hydrogen-bond donors (Lipinski definition) is 2. The van der Waals surface area contributed by atoms with Gasteiger partial charge < -0.3 is 34.7 Å². The van der Waals surface area contributed by atoms with E-state index in [0.29, 0.717) is 53.8 Å². The molecule has 0 spiro atoms. The van der Waals surface area contributed by atoms with E-state index in [1.807, 2.05) is 25.2 Å². The van der Waals surface area contributed by atoms with Gasteiger partial charge in [-0.15, -0.1) is 0 Å². The van der Waals surface area contributed by atoms with Crippen molar-refractivity contribution in [1.29, 1.82) is 0 Å². The minimum atomic E-state index is -0.475. The maximum Gasteiger partial charge on any atom is 0.415 e. The zero-order valence-corrected chi connectivity index (χ0v) is 18.8. The second-order valence-electron chi connectivity index (χ2n) is 7.66. The number of benzene rings is 2. The summed E-state index contributed by atoms with van der Waals surface area (Å²) in [4.78, 5) is 27.3. The van der Waals surface area contributed by atoms with Gasteiger partial charge in [0.2, 0.25) is 0 Å². The molecule has 0 fully saturated rings. The van der Waals surface area contributed by atoms with Crippen LogP contribution in [-0.2, 0) is 20.0 Å². The van der Waals surface area contributed by atoms with E-state index in [1.165, 1.54) is 14.2 Å². The topological polar surface area (TPSA) is 108 Å². The maximum atomic E-state index is 12.9. The molecule has 9 heteroatoms. The lowest BCUT2D eigenvalue weighted by Gasteiger charge is -2.27. The monoisotopic (exact) mass is 450 g/mol. The third-order valence-corrected chi connectivity index (χ3v) is 5.70. The van der Waals surface area contributed by atoms with Gasteiger partial charge in [0.15, 0.2) is 11.5 Å². The van der Waals surface area contributed by atoms with Crippen LogP contribution in [0.15, 0.2) is 48.5 Å². The van der Waals surface area contributed by atoms with Crippen LogP contribution in [0.2, 0.25) is 0 Å². The Morgan fingerprint density at radius 2 is 1.79 bits per heavy atom. The molecule has 0 saturated heterocycles. The Hall–Kier alpha value is -4.14. The van der Waals surface area contributed by atoms with Gasteiger partial charge in [-0.2, -0.15) is 0 Å². The fourth-order valence-corrected chi connectivity index (χ4v) is 3.86. The second kappa shape index (κ2) is 9.15. The Morgan fingerprint density at radius 3 is 2.52 bits per heavy atom. The molecular weight excluding hydrogens is 424 g/mol. The summed E-state index contributed by atoms with van der Waals surface area (Å²) in [5.41, 5.74) is 9.40. The molecule has 3 aromatic rings. The molecule has 2 amide bonds. The summed E-state index contributed by atoms with van der Waals surface area (Å²) in [6.45, 7) is 0.814. The van der Waals surface area contributed by atoms with E-state index in [4.69, 9.17) is 19.9 Å². The van der Waals surface area contributed by atoms with E-state index in [9.17, 15) is 9.59 Å². The quantitative estimate of drug-likeness (QED) is 0.577. The van der Waals surface area contributed by atoms with E-state index in [2.05, 4.69) is 5.32 Å². The van der Waals surface area contributed by atoms with Crippen LogP contribution in [0, 0.1) is 0 Å². The highest BCUT2D eigenvalue weighted by Gasteiger charge is 2.27. The van der Waals surface area contributed by atoms with Crippen LogP contribution in [0.25, 0.3) is 0 Å². The summed E-state index contributed by atoms with van der Waals surface area (Å²) < 4.78 is 17.8. The molecule has 0 radical (unpaired) electrons. The van der Waals surface area contributed by atoms with Crippen molar-refractivity contribution in [3.05, 3.63) is 65.5 Å². The van der Waals surface area contributed by atoms with Crippen molar-refractivity contribution >= 4 is 23.4 Å². The predicted molar refractivity (Wildman–Crippen MR) is 124 cm³/mol. The van der Waals surface area contributed by atoms with E-state index >= 15 is 0 Å². The molecule has 9 nitrogen and oxygen atoms in total. The normalized spacial score (nSPS) is 12.6. The second-order valence-corrected chi connectivity index (χ2v) is 7.66. The Labute approximate surface area is 191 Å². The van der Waals surface area contributed by atoms with Crippen molar-refractivity contribution in [2.45, 2.75) is 13.0 Å². The molecule has 2 aromatic carbocycles. The molecular formula is C24H26N4O5. The van der Waals surface area contributed by atoms with Gasteiger partial charge in [-0.3, -0.25) is 4.79 Å². The SMILES string of the molecule is COc1ccc(OC(=O)N2CCc3cc(C(=O)Nc4ccccc4N)n(C)c3C2)cc1OC. The number of rotatable bonds is 5. The van der Waals surface area contributed by atoms with Crippen LogP contribution in [-0.4, -0.2) is 42.2 Å². The molecule has 0 bridgehead atoms. The molecule has 4 rings (SSSR count). The number of methoxy groups -OCH3 is 2. The molecule has 0 unspecified atom stereocenters. The first-order chi connectivity index (χ1) is 15.9. The van der Waals surface area contributed by atoms with E-state index in [0.717, 1.165) is 11.3 Å². The number of ether oxygens (including phenoxy) is 3. The van der Waals surface area contributed by atoms with E-state index < -0.39 is 6.09 Å². The molecule has 172 valence electrons. The summed E-state index contributed by atoms with van der Waals surface area (Å²) in [6, 6.07) is 13.9. The Morgan fingerprint density at radius 1 is 1.03 bits per heavy atom. The van der Waals surface area contributed by atoms with Gasteiger partial charge in [-0.1, -0.05) is 12.1 Å². The summed E-state index contributed by atoms with van der Waals surface area (Å²) in [5.74, 6) is 1.12. The fraction of sp³-hybridized carbons (Fsp3) is 0.250. The average Bonchev–Trinajstić information content (AvgIpc) is 3.16. The van der Waals surface area contributed by atoms with Gasteiger partial charge in [-0.05, 0) is 42.3 Å². The first-order valence-electron chi connectivity index (χ1n) is 10.4. The van der Waals surface area contributed by atoms with E-state index in [-0.39, 0.29) is 5.91 Å². The molecule has 3 N–H and O–H groups in total. The summed E-state index contributed by atoms with van der Waals surface area (Å²) in [5, 5.41) is 2.85. The predicted octanol–water partition coefficient (Wildman–Crippen LogP) is 3.43. The fourth-order valence-electron chi connectivity index (χ4n) is 3.86. The number of fused-ring (bicyclic) bond motifs is 1. The molecule has 1 aliphatic heterocycles. The van der Waals surface area contributed by atoms with Gasteiger partial charge in [0.1, 0.15) is 11.4 Å². The number of nitrogen functional groups attached to an aromatic ring is 1. The molecule has 0 atom stereocenters. The van der Waals surface area contributed by atoms with Crippen LogP contribution in [0.5, 0.6) is 17.2 Å². The number of nitrogens with two attached hydrogens (primary N) is 1. The zero-order valence-electron chi connectivity index (χ0n) is 18.8. The highest BCUT2D eigenvalue weighted by atomic mass is 16.6. The number of hydrogen-bond acceptors (Lipinski definition) is 6. The van der Waals surface area contributed by atoms with Gasteiger partial charge in [0.25, 0.3) is 5.91 Å². The highest BCUT2D eigenvalue weighted by Crippen LogP contribution is 2.31. The van der Waals surface area contributed by atoms with Crippen LogP contribution >= 0.6 is 0 Å². The molecule has 1 aliphatic rings. The molecule has 1 aromatic heterocycles. The van der Waals surface area contributed by atoms with Gasteiger partial charge in [-0.25, -0.2) is 4.79 Å². The van der Waals surface area contributed by atoms with Gasteiger partial charge in [0, 0.05) is 25.4 Å². The number of amides is 2. The summed E-state index contributed by atoms with van der Waals surface area (Å²) in [7, 11) is 4.87. The number of anilines is 2. The number of aromatic nitrogens is 1. The standard InChI is InChI=1S/C24H26N4O5/c1-27-19(23(29)26-18-7-5-4-6-17(18)25)12-15-10-11-28(14-20(15)27)24(30)33-16-8-9-21(31-2)22(13-16)32-3/h4-9,12-13H,10-11,14,25H2,1-3H3,(H,26,29). The molecule has 0 saturated carbocycles. The summed E-state index contributed by atoms with van der Waals surface area (Å²) in [6.07, 6.45) is 0.141. The number of nitrogens with one attached hydrogen (secondary N) is 1. The van der Waals surface area contributed by atoms with Crippen molar-refractivity contribution in [1.82, 2.24) is 9.47 Å². The molecule has 33 heavy (non-hydrogen) atoms. The van der Waals surface area contributed by atoms with Crippen LogP contribution in [0.4, 0.5) is 16.2 Å². The lowest BCUT2D eigenvalue weighted by Crippen LogP contribution is -2.38. The van der Waals surface area contributed by atoms with Crippen LogP contribution in [0.1, 0.15) is 21.7 Å². The highest BCUT2D eigenvalue weighted by molar-refractivity contribution is 6.05. The Bertz CT molecular complexity index is 1200. The van der Waals surface area contributed by atoms with Gasteiger partial charge >= 0.3 is 6.09 Å².